The molecule has 172 valence electrons. The van der Waals surface area contributed by atoms with Crippen LogP contribution in [0.25, 0.3) is 0 Å². The van der Waals surface area contributed by atoms with Crippen molar-refractivity contribution >= 4 is 20.2 Å². The van der Waals surface area contributed by atoms with Gasteiger partial charge in [0.15, 0.2) is 0 Å². The molecule has 0 amide bonds. The summed E-state index contributed by atoms with van der Waals surface area (Å²) in [4.78, 5) is -0.00276. The molecule has 0 saturated heterocycles. The summed E-state index contributed by atoms with van der Waals surface area (Å²) in [5, 5.41) is 0. The lowest BCUT2D eigenvalue weighted by Crippen LogP contribution is -2.04. The van der Waals surface area contributed by atoms with Gasteiger partial charge in [-0.25, -0.2) is 0 Å². The molecule has 0 spiro atoms. The minimum atomic E-state index is -4.20. The Morgan fingerprint density at radius 2 is 0.903 bits per heavy atom. The number of hydrogen-bond donors (Lipinski definition) is 2. The van der Waals surface area contributed by atoms with Gasteiger partial charge in [0.1, 0.15) is 0 Å². The lowest BCUT2D eigenvalue weighted by molar-refractivity contribution is 0.479. The molecular formula is C23H32O6S2. The quantitative estimate of drug-likeness (QED) is 0.323. The Labute approximate surface area is 186 Å². The molecule has 2 rings (SSSR count). The average Bonchev–Trinajstić information content (AvgIpc) is 2.64. The van der Waals surface area contributed by atoms with Gasteiger partial charge in [0, 0.05) is 0 Å². The lowest BCUT2D eigenvalue weighted by Gasteiger charge is -2.09. The number of rotatable bonds is 12. The van der Waals surface area contributed by atoms with Crippen LogP contribution in [0, 0.1) is 13.8 Å². The van der Waals surface area contributed by atoms with E-state index in [1.807, 2.05) is 26.0 Å². The normalized spacial score (nSPS) is 12.3. The van der Waals surface area contributed by atoms with Gasteiger partial charge in [0.05, 0.1) is 9.79 Å². The molecule has 0 aromatic heterocycles. The Morgan fingerprint density at radius 3 is 1.23 bits per heavy atom. The topological polar surface area (TPSA) is 109 Å². The zero-order chi connectivity index (χ0) is 23.1. The van der Waals surface area contributed by atoms with Crippen molar-refractivity contribution in [1.82, 2.24) is 0 Å². The predicted octanol–water partition coefficient (Wildman–Crippen LogP) is 5.31. The van der Waals surface area contributed by atoms with Crippen molar-refractivity contribution in [3.8, 4) is 0 Å². The van der Waals surface area contributed by atoms with E-state index in [1.54, 1.807) is 12.1 Å². The number of aryl methyl sites for hydroxylation is 4. The monoisotopic (exact) mass is 468 g/mol. The largest absolute Gasteiger partial charge is 0.294 e. The van der Waals surface area contributed by atoms with Gasteiger partial charge in [-0.05, 0) is 62.8 Å². The van der Waals surface area contributed by atoms with Gasteiger partial charge >= 0.3 is 0 Å². The summed E-state index contributed by atoms with van der Waals surface area (Å²) in [5.74, 6) is 0. The fraction of sp³-hybridized carbons (Fsp3) is 0.478. The van der Waals surface area contributed by atoms with Crippen LogP contribution < -0.4 is 0 Å². The Hall–Kier alpha value is -1.74. The van der Waals surface area contributed by atoms with Gasteiger partial charge in [-0.2, -0.15) is 16.8 Å². The zero-order valence-electron chi connectivity index (χ0n) is 18.2. The Morgan fingerprint density at radius 1 is 0.581 bits per heavy atom. The second-order valence-corrected chi connectivity index (χ2v) is 10.9. The molecule has 0 saturated carbocycles. The fourth-order valence-corrected chi connectivity index (χ4v) is 5.29. The first-order valence-corrected chi connectivity index (χ1v) is 13.5. The van der Waals surface area contributed by atoms with E-state index in [1.165, 1.54) is 12.1 Å². The van der Waals surface area contributed by atoms with E-state index >= 15 is 0 Å². The van der Waals surface area contributed by atoms with Crippen molar-refractivity contribution in [3.63, 3.8) is 0 Å². The smallest absolute Gasteiger partial charge is 0.282 e. The number of benzene rings is 2. The maximum Gasteiger partial charge on any atom is 0.294 e. The van der Waals surface area contributed by atoms with Crippen LogP contribution in [0.5, 0.6) is 0 Å². The van der Waals surface area contributed by atoms with Crippen molar-refractivity contribution in [3.05, 3.63) is 58.7 Å². The minimum absolute atomic E-state index is 0.00138. The van der Waals surface area contributed by atoms with Gasteiger partial charge in [-0.3, -0.25) is 9.11 Å². The SMILES string of the molecule is Cc1ccc(S(=O)(=O)O)c(CCCCCCCCCc2cc(C)ccc2S(=O)(=O)O)c1. The van der Waals surface area contributed by atoms with Crippen LogP contribution in [0.2, 0.25) is 0 Å². The highest BCUT2D eigenvalue weighted by Crippen LogP contribution is 2.22. The molecule has 2 aromatic rings. The van der Waals surface area contributed by atoms with E-state index in [2.05, 4.69) is 0 Å². The first-order valence-electron chi connectivity index (χ1n) is 10.6. The maximum atomic E-state index is 11.5. The maximum absolute atomic E-state index is 11.5. The van der Waals surface area contributed by atoms with Crippen LogP contribution in [-0.4, -0.2) is 25.9 Å². The molecule has 31 heavy (non-hydrogen) atoms. The molecular weight excluding hydrogens is 436 g/mol. The minimum Gasteiger partial charge on any atom is -0.282 e. The third kappa shape index (κ3) is 8.37. The highest BCUT2D eigenvalue weighted by atomic mass is 32.2. The predicted molar refractivity (Wildman–Crippen MR) is 122 cm³/mol. The van der Waals surface area contributed by atoms with Crippen LogP contribution in [0.4, 0.5) is 0 Å². The van der Waals surface area contributed by atoms with E-state index in [9.17, 15) is 25.9 Å². The van der Waals surface area contributed by atoms with E-state index in [-0.39, 0.29) is 9.79 Å². The van der Waals surface area contributed by atoms with Crippen LogP contribution >= 0.6 is 0 Å². The van der Waals surface area contributed by atoms with E-state index in [0.717, 1.165) is 56.1 Å². The average molecular weight is 469 g/mol. The molecule has 0 heterocycles. The molecule has 0 aliphatic heterocycles. The molecule has 0 bridgehead atoms. The third-order valence-corrected chi connectivity index (χ3v) is 7.29. The molecule has 0 fully saturated rings. The van der Waals surface area contributed by atoms with Crippen molar-refractivity contribution in [2.75, 3.05) is 0 Å². The molecule has 2 aromatic carbocycles. The van der Waals surface area contributed by atoms with Crippen LogP contribution in [-0.2, 0) is 33.1 Å². The van der Waals surface area contributed by atoms with Gasteiger partial charge in [-0.15, -0.1) is 0 Å². The van der Waals surface area contributed by atoms with Crippen molar-refractivity contribution in [2.45, 2.75) is 81.4 Å². The zero-order valence-corrected chi connectivity index (χ0v) is 19.8. The van der Waals surface area contributed by atoms with Crippen LogP contribution in [0.1, 0.15) is 67.2 Å². The molecule has 8 heteroatoms. The summed E-state index contributed by atoms with van der Waals surface area (Å²) >= 11 is 0. The molecule has 0 atom stereocenters. The van der Waals surface area contributed by atoms with E-state index < -0.39 is 20.2 Å². The Bertz CT molecular complexity index is 1000. The number of hydrogen-bond acceptors (Lipinski definition) is 4. The fourth-order valence-electron chi connectivity index (χ4n) is 3.83. The molecule has 0 aliphatic carbocycles. The van der Waals surface area contributed by atoms with Crippen molar-refractivity contribution in [1.29, 1.82) is 0 Å². The summed E-state index contributed by atoms with van der Waals surface area (Å²) in [6.07, 6.45) is 8.01. The van der Waals surface area contributed by atoms with Gasteiger partial charge < -0.3 is 0 Å². The number of unbranched alkanes of at least 4 members (excludes halogenated alkanes) is 6. The molecule has 6 nitrogen and oxygen atoms in total. The first-order chi connectivity index (χ1) is 14.5. The highest BCUT2D eigenvalue weighted by Gasteiger charge is 2.16. The summed E-state index contributed by atoms with van der Waals surface area (Å²) in [7, 11) is -8.40. The standard InChI is InChI=1S/C23H32O6S2/c1-18-12-14-22(30(24,25)26)20(16-18)10-8-6-4-3-5-7-9-11-21-17-19(2)13-15-23(21)31(27,28)29/h12-17H,3-11H2,1-2H3,(H,24,25,26)(H,27,28,29). The van der Waals surface area contributed by atoms with E-state index in [0.29, 0.717) is 24.0 Å². The summed E-state index contributed by atoms with van der Waals surface area (Å²) in [6.45, 7) is 3.79. The lowest BCUT2D eigenvalue weighted by atomic mass is 10.0. The third-order valence-electron chi connectivity index (χ3n) is 5.38. The first kappa shape index (κ1) is 25.5. The molecule has 0 aliphatic rings. The van der Waals surface area contributed by atoms with Gasteiger partial charge in [-0.1, -0.05) is 67.5 Å². The van der Waals surface area contributed by atoms with Crippen LogP contribution in [0.3, 0.4) is 0 Å². The van der Waals surface area contributed by atoms with Gasteiger partial charge in [0.2, 0.25) is 0 Å². The highest BCUT2D eigenvalue weighted by molar-refractivity contribution is 7.86. The van der Waals surface area contributed by atoms with Gasteiger partial charge in [0.25, 0.3) is 20.2 Å². The van der Waals surface area contributed by atoms with Crippen molar-refractivity contribution < 1.29 is 25.9 Å². The van der Waals surface area contributed by atoms with Crippen LogP contribution in [0.15, 0.2) is 46.2 Å². The second kappa shape index (κ2) is 11.2. The Kier molecular flexibility index (Phi) is 9.24. The van der Waals surface area contributed by atoms with E-state index in [4.69, 9.17) is 0 Å². The summed E-state index contributed by atoms with van der Waals surface area (Å²) in [6, 6.07) is 9.92. The molecule has 0 unspecified atom stereocenters. The summed E-state index contributed by atoms with van der Waals surface area (Å²) in [5.41, 5.74) is 3.26. The molecule has 0 radical (unpaired) electrons. The van der Waals surface area contributed by atoms with Crippen molar-refractivity contribution in [2.24, 2.45) is 0 Å². The second-order valence-electron chi connectivity index (χ2n) is 8.15. The molecule has 2 N–H and O–H groups in total. The Balaban J connectivity index is 1.70. The summed E-state index contributed by atoms with van der Waals surface area (Å²) < 4.78 is 64.8.